The zero-order valence-electron chi connectivity index (χ0n) is 11.7. The second-order valence-electron chi connectivity index (χ2n) is 4.27. The normalized spacial score (nSPS) is 9.62. The molecule has 0 radical (unpaired) electrons. The average molecular weight is 295 g/mol. The van der Waals surface area contributed by atoms with Gasteiger partial charge in [-0.3, -0.25) is 4.98 Å². The maximum atomic E-state index is 11.6. The van der Waals surface area contributed by atoms with Crippen molar-refractivity contribution in [2.24, 2.45) is 0 Å². The summed E-state index contributed by atoms with van der Waals surface area (Å²) in [5.41, 5.74) is 0.246. The number of hydrogen-bond acceptors (Lipinski definition) is 4. The lowest BCUT2D eigenvalue weighted by molar-refractivity contribution is 0.0696. The molecule has 114 valence electrons. The van der Waals surface area contributed by atoms with Crippen LogP contribution in [0.5, 0.6) is 0 Å². The fourth-order valence-corrected chi connectivity index (χ4v) is 1.30. The average Bonchev–Trinajstić information content (AvgIpc) is 2.43. The summed E-state index contributed by atoms with van der Waals surface area (Å²) in [6, 6.07) is 0.525. The van der Waals surface area contributed by atoms with Crippen LogP contribution >= 0.6 is 0 Å². The molecule has 1 heterocycles. The molecule has 0 aliphatic carbocycles. The molecule has 1 aromatic rings. The number of carbonyl (C=O) groups excluding carboxylic acids is 2. The highest BCUT2D eigenvalue weighted by Gasteiger charge is 2.07. The molecule has 0 aliphatic rings. The van der Waals surface area contributed by atoms with Gasteiger partial charge in [-0.05, 0) is 6.07 Å². The van der Waals surface area contributed by atoms with Crippen molar-refractivity contribution in [3.8, 4) is 0 Å². The summed E-state index contributed by atoms with van der Waals surface area (Å²) in [6.07, 6.45) is 2.52. The molecule has 0 spiro atoms. The van der Waals surface area contributed by atoms with Crippen molar-refractivity contribution in [3.63, 3.8) is 0 Å². The Morgan fingerprint density at radius 2 is 1.86 bits per heavy atom. The fraction of sp³-hybridized carbons (Fsp3) is 0.333. The molecule has 21 heavy (non-hydrogen) atoms. The molecule has 0 unspecified atom stereocenters. The van der Waals surface area contributed by atoms with Gasteiger partial charge in [-0.15, -0.1) is 0 Å². The van der Waals surface area contributed by atoms with Crippen molar-refractivity contribution < 1.29 is 19.5 Å². The minimum atomic E-state index is -1.13. The second kappa shape index (κ2) is 7.68. The standard InChI is InChI=1S/C12H17N5O4/c1-17(2)12(21)15-4-3-14-11(20)16-9-5-8(10(18)19)6-13-7-9/h5-7H,3-4H2,1-2H3,(H,15,21)(H,18,19)(H2,14,16,20). The third-order valence-electron chi connectivity index (χ3n) is 2.34. The van der Waals surface area contributed by atoms with Crippen LogP contribution < -0.4 is 16.0 Å². The molecule has 0 aromatic carbocycles. The van der Waals surface area contributed by atoms with Crippen molar-refractivity contribution in [2.45, 2.75) is 0 Å². The van der Waals surface area contributed by atoms with Crippen molar-refractivity contribution >= 4 is 23.7 Å². The lowest BCUT2D eigenvalue weighted by Crippen LogP contribution is -2.40. The third kappa shape index (κ3) is 5.76. The van der Waals surface area contributed by atoms with E-state index < -0.39 is 12.0 Å². The van der Waals surface area contributed by atoms with Gasteiger partial charge < -0.3 is 26.0 Å². The molecule has 0 saturated carbocycles. The van der Waals surface area contributed by atoms with Crippen LogP contribution in [0.2, 0.25) is 0 Å². The molecular formula is C12H17N5O4. The van der Waals surface area contributed by atoms with Gasteiger partial charge in [0.1, 0.15) is 0 Å². The SMILES string of the molecule is CN(C)C(=O)NCCNC(=O)Nc1cncc(C(=O)O)c1. The van der Waals surface area contributed by atoms with Gasteiger partial charge >= 0.3 is 18.0 Å². The van der Waals surface area contributed by atoms with E-state index in [0.717, 1.165) is 0 Å². The van der Waals surface area contributed by atoms with Crippen LogP contribution in [0.3, 0.4) is 0 Å². The first kappa shape index (κ1) is 16.2. The summed E-state index contributed by atoms with van der Waals surface area (Å²) in [5, 5.41) is 16.3. The van der Waals surface area contributed by atoms with Gasteiger partial charge in [0.05, 0.1) is 17.4 Å². The highest BCUT2D eigenvalue weighted by molar-refractivity contribution is 5.92. The van der Waals surface area contributed by atoms with E-state index in [0.29, 0.717) is 0 Å². The number of nitrogens with zero attached hydrogens (tertiary/aromatic N) is 2. The predicted octanol–water partition coefficient (Wildman–Crippen LogP) is 0.173. The maximum Gasteiger partial charge on any atom is 0.337 e. The maximum absolute atomic E-state index is 11.6. The van der Waals surface area contributed by atoms with Crippen LogP contribution in [0.15, 0.2) is 18.5 Å². The van der Waals surface area contributed by atoms with Crippen LogP contribution in [-0.2, 0) is 0 Å². The van der Waals surface area contributed by atoms with Gasteiger partial charge in [0, 0.05) is 33.4 Å². The molecule has 1 rings (SSSR count). The first-order valence-corrected chi connectivity index (χ1v) is 6.08. The van der Waals surface area contributed by atoms with Crippen LogP contribution in [-0.4, -0.2) is 60.2 Å². The number of carbonyl (C=O) groups is 3. The van der Waals surface area contributed by atoms with Gasteiger partial charge in [-0.25, -0.2) is 14.4 Å². The number of hydrogen-bond donors (Lipinski definition) is 4. The summed E-state index contributed by atoms with van der Waals surface area (Å²) in [5.74, 6) is -1.13. The minimum absolute atomic E-state index is 0.0222. The molecule has 9 heteroatoms. The highest BCUT2D eigenvalue weighted by Crippen LogP contribution is 2.07. The molecular weight excluding hydrogens is 278 g/mol. The Labute approximate surface area is 121 Å². The fourth-order valence-electron chi connectivity index (χ4n) is 1.30. The van der Waals surface area contributed by atoms with Crippen molar-refractivity contribution in [3.05, 3.63) is 24.0 Å². The van der Waals surface area contributed by atoms with Gasteiger partial charge in [0.2, 0.25) is 0 Å². The number of carboxylic acids is 1. The van der Waals surface area contributed by atoms with E-state index in [-0.39, 0.29) is 30.4 Å². The van der Waals surface area contributed by atoms with Crippen molar-refractivity contribution in [2.75, 3.05) is 32.5 Å². The summed E-state index contributed by atoms with van der Waals surface area (Å²) in [6.45, 7) is 0.509. The molecule has 1 aromatic heterocycles. The topological polar surface area (TPSA) is 124 Å². The van der Waals surface area contributed by atoms with Crippen molar-refractivity contribution in [1.29, 1.82) is 0 Å². The summed E-state index contributed by atoms with van der Waals surface area (Å²) >= 11 is 0. The minimum Gasteiger partial charge on any atom is -0.478 e. The lowest BCUT2D eigenvalue weighted by Gasteiger charge is -2.12. The number of rotatable bonds is 5. The Morgan fingerprint density at radius 1 is 1.19 bits per heavy atom. The molecule has 4 amide bonds. The van der Waals surface area contributed by atoms with Crippen LogP contribution in [0.4, 0.5) is 15.3 Å². The number of amides is 4. The number of urea groups is 2. The van der Waals surface area contributed by atoms with Gasteiger partial charge in [0.15, 0.2) is 0 Å². The second-order valence-corrected chi connectivity index (χ2v) is 4.27. The Balaban J connectivity index is 2.35. The Bertz CT molecular complexity index is 532. The first-order chi connectivity index (χ1) is 9.90. The van der Waals surface area contributed by atoms with Crippen LogP contribution in [0, 0.1) is 0 Å². The number of carboxylic acid groups (broad SMARTS) is 1. The molecule has 0 bridgehead atoms. The Kier molecular flexibility index (Phi) is 5.93. The van der Waals surface area contributed by atoms with E-state index in [4.69, 9.17) is 5.11 Å². The zero-order chi connectivity index (χ0) is 15.8. The summed E-state index contributed by atoms with van der Waals surface area (Å²) in [7, 11) is 3.22. The first-order valence-electron chi connectivity index (χ1n) is 6.08. The van der Waals surface area contributed by atoms with E-state index in [1.165, 1.54) is 23.4 Å². The molecule has 0 saturated heterocycles. The van der Waals surface area contributed by atoms with E-state index in [1.54, 1.807) is 14.1 Å². The third-order valence-corrected chi connectivity index (χ3v) is 2.34. The molecule has 9 nitrogen and oxygen atoms in total. The van der Waals surface area contributed by atoms with E-state index in [2.05, 4.69) is 20.9 Å². The van der Waals surface area contributed by atoms with Crippen molar-refractivity contribution in [1.82, 2.24) is 20.5 Å². The molecule has 0 fully saturated rings. The molecule has 4 N–H and O–H groups in total. The molecule has 0 aliphatic heterocycles. The van der Waals surface area contributed by atoms with E-state index in [9.17, 15) is 14.4 Å². The monoisotopic (exact) mass is 295 g/mol. The quantitative estimate of drug-likeness (QED) is 0.577. The lowest BCUT2D eigenvalue weighted by atomic mass is 10.3. The van der Waals surface area contributed by atoms with E-state index >= 15 is 0 Å². The van der Waals surface area contributed by atoms with Crippen LogP contribution in [0.25, 0.3) is 0 Å². The van der Waals surface area contributed by atoms with Gasteiger partial charge in [-0.1, -0.05) is 0 Å². The number of anilines is 1. The summed E-state index contributed by atoms with van der Waals surface area (Å²) < 4.78 is 0. The number of pyridine rings is 1. The molecule has 0 atom stereocenters. The Hall–Kier alpha value is -2.84. The smallest absolute Gasteiger partial charge is 0.337 e. The number of aromatic carboxylic acids is 1. The van der Waals surface area contributed by atoms with Gasteiger partial charge in [-0.2, -0.15) is 0 Å². The predicted molar refractivity (Wildman–Crippen MR) is 75.3 cm³/mol. The number of aromatic nitrogens is 1. The van der Waals surface area contributed by atoms with Gasteiger partial charge in [0.25, 0.3) is 0 Å². The highest BCUT2D eigenvalue weighted by atomic mass is 16.4. The summed E-state index contributed by atoms with van der Waals surface area (Å²) in [4.78, 5) is 38.6. The largest absolute Gasteiger partial charge is 0.478 e. The number of nitrogens with one attached hydrogen (secondary N) is 3. The zero-order valence-corrected chi connectivity index (χ0v) is 11.7. The van der Waals surface area contributed by atoms with E-state index in [1.807, 2.05) is 0 Å². The Morgan fingerprint density at radius 3 is 2.48 bits per heavy atom. The van der Waals surface area contributed by atoms with Crippen LogP contribution in [0.1, 0.15) is 10.4 Å².